The minimum Gasteiger partial charge on any atom is -0.449 e. The Hall–Kier alpha value is -3.25. The van der Waals surface area contributed by atoms with Gasteiger partial charge in [0.25, 0.3) is 5.91 Å². The van der Waals surface area contributed by atoms with Crippen LogP contribution in [0.3, 0.4) is 0 Å². The number of carbonyl (C=O) groups is 3. The predicted octanol–water partition coefficient (Wildman–Crippen LogP) is 4.27. The number of ketones is 1. The zero-order valence-electron chi connectivity index (χ0n) is 15.2. The highest BCUT2D eigenvalue weighted by Crippen LogP contribution is 2.22. The third-order valence-electron chi connectivity index (χ3n) is 4.12. The lowest BCUT2D eigenvalue weighted by atomic mass is 10.1. The van der Waals surface area contributed by atoms with Gasteiger partial charge >= 0.3 is 5.97 Å². The molecular weight excluding hydrogens is 380 g/mol. The van der Waals surface area contributed by atoms with Gasteiger partial charge in [0, 0.05) is 10.9 Å². The predicted molar refractivity (Wildman–Crippen MR) is 107 cm³/mol. The lowest BCUT2D eigenvalue weighted by Gasteiger charge is -2.15. The summed E-state index contributed by atoms with van der Waals surface area (Å²) < 4.78 is 5.31. The number of fused-ring (bicyclic) bond motifs is 1. The van der Waals surface area contributed by atoms with Crippen molar-refractivity contribution in [1.82, 2.24) is 4.98 Å². The molecule has 0 bridgehead atoms. The Morgan fingerprint density at radius 1 is 1.04 bits per heavy atom. The summed E-state index contributed by atoms with van der Waals surface area (Å²) in [4.78, 5) is 40.9. The van der Waals surface area contributed by atoms with Crippen LogP contribution in [-0.4, -0.2) is 28.7 Å². The number of benzene rings is 2. The number of hydrogen-bond donors (Lipinski definition) is 1. The largest absolute Gasteiger partial charge is 0.449 e. The van der Waals surface area contributed by atoms with Gasteiger partial charge in [-0.1, -0.05) is 41.9 Å². The highest BCUT2D eigenvalue weighted by Gasteiger charge is 2.22. The molecule has 7 heteroatoms. The summed E-state index contributed by atoms with van der Waals surface area (Å²) in [6, 6.07) is 15.0. The molecule has 0 aliphatic carbocycles. The Kier molecular flexibility index (Phi) is 5.70. The molecule has 142 valence electrons. The minimum absolute atomic E-state index is 0.151. The van der Waals surface area contributed by atoms with Crippen LogP contribution >= 0.6 is 11.6 Å². The third-order valence-corrected chi connectivity index (χ3v) is 4.32. The molecule has 0 saturated heterocycles. The number of rotatable bonds is 5. The van der Waals surface area contributed by atoms with Crippen molar-refractivity contribution >= 4 is 45.9 Å². The second-order valence-corrected chi connectivity index (χ2v) is 6.54. The molecule has 0 radical (unpaired) electrons. The Labute approximate surface area is 166 Å². The fourth-order valence-electron chi connectivity index (χ4n) is 2.72. The van der Waals surface area contributed by atoms with Crippen molar-refractivity contribution in [3.8, 4) is 0 Å². The molecule has 1 heterocycles. The number of anilines is 1. The monoisotopic (exact) mass is 396 g/mol. The van der Waals surface area contributed by atoms with Crippen LogP contribution in [-0.2, 0) is 9.53 Å². The topological polar surface area (TPSA) is 85.4 Å². The molecule has 1 aromatic heterocycles. The number of Topliss-reactive ketones (excluding diaryl/α,β-unsaturated/α-hetero) is 1. The first kappa shape index (κ1) is 19.5. The average Bonchev–Trinajstić information content (AvgIpc) is 2.67. The highest BCUT2D eigenvalue weighted by atomic mass is 35.5. The van der Waals surface area contributed by atoms with Crippen molar-refractivity contribution in [2.45, 2.75) is 20.0 Å². The number of halogens is 1. The Bertz CT molecular complexity index is 1080. The number of nitrogens with zero attached hydrogens (tertiary/aromatic N) is 1. The van der Waals surface area contributed by atoms with Crippen LogP contribution < -0.4 is 5.32 Å². The zero-order chi connectivity index (χ0) is 20.3. The van der Waals surface area contributed by atoms with E-state index in [-0.39, 0.29) is 16.5 Å². The van der Waals surface area contributed by atoms with E-state index in [4.69, 9.17) is 16.3 Å². The molecule has 0 aliphatic rings. The van der Waals surface area contributed by atoms with Gasteiger partial charge in [0.05, 0.1) is 16.8 Å². The van der Waals surface area contributed by atoms with E-state index in [1.54, 1.807) is 48.5 Å². The van der Waals surface area contributed by atoms with Gasteiger partial charge in [-0.2, -0.15) is 0 Å². The Morgan fingerprint density at radius 3 is 2.46 bits per heavy atom. The summed E-state index contributed by atoms with van der Waals surface area (Å²) in [6.45, 7) is 2.86. The second kappa shape index (κ2) is 8.19. The van der Waals surface area contributed by atoms with E-state index in [2.05, 4.69) is 10.3 Å². The summed E-state index contributed by atoms with van der Waals surface area (Å²) in [5, 5.41) is 3.35. The van der Waals surface area contributed by atoms with Crippen molar-refractivity contribution in [3.05, 3.63) is 70.9 Å². The molecule has 0 spiro atoms. The quantitative estimate of drug-likeness (QED) is 0.395. The highest BCUT2D eigenvalue weighted by molar-refractivity contribution is 6.30. The number of carbonyl (C=O) groups excluding carboxylic acids is 3. The molecule has 3 rings (SSSR count). The van der Waals surface area contributed by atoms with Crippen molar-refractivity contribution in [3.63, 3.8) is 0 Å². The molecule has 0 unspecified atom stereocenters. The maximum atomic E-state index is 12.6. The van der Waals surface area contributed by atoms with Gasteiger partial charge in [-0.15, -0.1) is 0 Å². The Balaban J connectivity index is 1.78. The maximum absolute atomic E-state index is 12.6. The smallest absolute Gasteiger partial charge is 0.339 e. The molecule has 0 saturated carbocycles. The fraction of sp³-hybridized carbons (Fsp3) is 0.143. The van der Waals surface area contributed by atoms with Gasteiger partial charge in [0.15, 0.2) is 11.9 Å². The number of ether oxygens (including phenoxy) is 1. The van der Waals surface area contributed by atoms with E-state index in [9.17, 15) is 14.4 Å². The molecule has 6 nitrogen and oxygen atoms in total. The summed E-state index contributed by atoms with van der Waals surface area (Å²) in [7, 11) is 0. The SMILES string of the molecule is CC(=O)c1ccccc1NC(=O)[C@H](C)OC(=O)c1cc(Cl)nc2ccccc12. The van der Waals surface area contributed by atoms with E-state index >= 15 is 0 Å². The van der Waals surface area contributed by atoms with Gasteiger partial charge < -0.3 is 10.1 Å². The second-order valence-electron chi connectivity index (χ2n) is 6.15. The van der Waals surface area contributed by atoms with Gasteiger partial charge in [0.1, 0.15) is 5.15 Å². The lowest BCUT2D eigenvalue weighted by Crippen LogP contribution is -2.30. The van der Waals surface area contributed by atoms with Crippen LogP contribution in [0.1, 0.15) is 34.6 Å². The van der Waals surface area contributed by atoms with Crippen molar-refractivity contribution in [1.29, 1.82) is 0 Å². The van der Waals surface area contributed by atoms with E-state index in [1.165, 1.54) is 19.9 Å². The molecule has 2 aromatic carbocycles. The molecule has 1 N–H and O–H groups in total. The first-order valence-electron chi connectivity index (χ1n) is 8.54. The summed E-state index contributed by atoms with van der Waals surface area (Å²) >= 11 is 5.99. The molecule has 1 amide bonds. The fourth-order valence-corrected chi connectivity index (χ4v) is 2.92. The number of aromatic nitrogens is 1. The summed E-state index contributed by atoms with van der Waals surface area (Å²) in [6.07, 6.45) is -1.08. The number of para-hydroxylation sites is 2. The standard InChI is InChI=1S/C21H17ClN2O4/c1-12(25)14-7-3-5-9-17(14)24-20(26)13(2)28-21(27)16-11-19(22)23-18-10-6-4-8-15(16)18/h3-11,13H,1-2H3,(H,24,26)/t13-/m0/s1. The first-order valence-corrected chi connectivity index (χ1v) is 8.91. The average molecular weight is 397 g/mol. The number of pyridine rings is 1. The van der Waals surface area contributed by atoms with Crippen molar-refractivity contribution in [2.24, 2.45) is 0 Å². The van der Waals surface area contributed by atoms with Gasteiger partial charge in [-0.25, -0.2) is 9.78 Å². The molecule has 0 aliphatic heterocycles. The maximum Gasteiger partial charge on any atom is 0.339 e. The van der Waals surface area contributed by atoms with Crippen LogP contribution in [0.25, 0.3) is 10.9 Å². The van der Waals surface area contributed by atoms with Crippen LogP contribution in [0.4, 0.5) is 5.69 Å². The van der Waals surface area contributed by atoms with Crippen molar-refractivity contribution < 1.29 is 19.1 Å². The molecule has 0 fully saturated rings. The van der Waals surface area contributed by atoms with Gasteiger partial charge in [0.2, 0.25) is 0 Å². The molecule has 3 aromatic rings. The van der Waals surface area contributed by atoms with Crippen LogP contribution in [0, 0.1) is 0 Å². The van der Waals surface area contributed by atoms with Gasteiger partial charge in [-0.3, -0.25) is 9.59 Å². The number of hydrogen-bond acceptors (Lipinski definition) is 5. The van der Waals surface area contributed by atoms with Crippen LogP contribution in [0.2, 0.25) is 5.15 Å². The molecule has 28 heavy (non-hydrogen) atoms. The number of esters is 1. The normalized spacial score (nSPS) is 11.7. The van der Waals surface area contributed by atoms with Crippen molar-refractivity contribution in [2.75, 3.05) is 5.32 Å². The zero-order valence-corrected chi connectivity index (χ0v) is 16.0. The van der Waals surface area contributed by atoms with E-state index < -0.39 is 18.0 Å². The van der Waals surface area contributed by atoms with E-state index in [0.29, 0.717) is 22.2 Å². The lowest BCUT2D eigenvalue weighted by molar-refractivity contribution is -0.123. The molecular formula is C21H17ClN2O4. The molecule has 1 atom stereocenters. The minimum atomic E-state index is -1.08. The summed E-state index contributed by atoms with van der Waals surface area (Å²) in [5.74, 6) is -1.42. The van der Waals surface area contributed by atoms with Crippen LogP contribution in [0.5, 0.6) is 0 Å². The Morgan fingerprint density at radius 2 is 1.71 bits per heavy atom. The summed E-state index contributed by atoms with van der Waals surface area (Å²) in [5.41, 5.74) is 1.51. The van der Waals surface area contributed by atoms with Crippen LogP contribution in [0.15, 0.2) is 54.6 Å². The number of amides is 1. The van der Waals surface area contributed by atoms with E-state index in [0.717, 1.165) is 0 Å². The third kappa shape index (κ3) is 4.18. The van der Waals surface area contributed by atoms with Gasteiger partial charge in [-0.05, 0) is 38.1 Å². The first-order chi connectivity index (χ1) is 13.4. The number of nitrogens with one attached hydrogen (secondary N) is 1. The van der Waals surface area contributed by atoms with E-state index in [1.807, 2.05) is 0 Å².